The third-order valence-corrected chi connectivity index (χ3v) is 4.13. The zero-order valence-corrected chi connectivity index (χ0v) is 13.7. The fourth-order valence-electron chi connectivity index (χ4n) is 3.15. The number of nitrogens with zero attached hydrogens (tertiary/aromatic N) is 1. The van der Waals surface area contributed by atoms with E-state index in [0.29, 0.717) is 5.52 Å². The molecule has 0 saturated heterocycles. The van der Waals surface area contributed by atoms with Gasteiger partial charge in [-0.2, -0.15) is 0 Å². The summed E-state index contributed by atoms with van der Waals surface area (Å²) >= 11 is 0. The quantitative estimate of drug-likeness (QED) is 0.487. The number of nitrogens with one attached hydrogen (secondary N) is 1. The molecule has 0 aliphatic rings. The molecule has 23 heavy (non-hydrogen) atoms. The maximum absolute atomic E-state index is 14.0. The van der Waals surface area contributed by atoms with Gasteiger partial charge in [-0.1, -0.05) is 23.8 Å². The molecular weight excluding hydrogens is 311 g/mol. The summed E-state index contributed by atoms with van der Waals surface area (Å²) in [6, 6.07) is 13.4. The van der Waals surface area contributed by atoms with E-state index in [4.69, 9.17) is 0 Å². The molecule has 116 valence electrons. The number of hydrogen-bond acceptors (Lipinski definition) is 1. The van der Waals surface area contributed by atoms with Gasteiger partial charge in [0.05, 0.1) is 0 Å². The lowest BCUT2D eigenvalue weighted by atomic mass is 9.98. The predicted octanol–water partition coefficient (Wildman–Crippen LogP) is 5.56. The number of benzene rings is 2. The molecule has 0 aliphatic heterocycles. The van der Waals surface area contributed by atoms with Gasteiger partial charge in [0.1, 0.15) is 11.3 Å². The SMILES string of the molecule is Cc1ccc2[nH]c(C)c(-c3ccnc4c(F)cccc34)c2c1.Cl. The van der Waals surface area contributed by atoms with E-state index in [1.807, 2.05) is 12.1 Å². The normalized spacial score (nSPS) is 10.9. The van der Waals surface area contributed by atoms with Crippen LogP contribution in [0.1, 0.15) is 11.3 Å². The highest BCUT2D eigenvalue weighted by Gasteiger charge is 2.14. The molecule has 1 N–H and O–H groups in total. The Morgan fingerprint density at radius 2 is 1.83 bits per heavy atom. The lowest BCUT2D eigenvalue weighted by Crippen LogP contribution is -1.88. The summed E-state index contributed by atoms with van der Waals surface area (Å²) in [5.74, 6) is -0.284. The van der Waals surface area contributed by atoms with Crippen LogP contribution in [0.2, 0.25) is 0 Å². The monoisotopic (exact) mass is 326 g/mol. The van der Waals surface area contributed by atoms with Crippen LogP contribution in [0, 0.1) is 19.7 Å². The van der Waals surface area contributed by atoms with Crippen molar-refractivity contribution in [3.05, 3.63) is 65.7 Å². The maximum atomic E-state index is 14.0. The minimum atomic E-state index is -0.284. The molecule has 0 aliphatic carbocycles. The number of rotatable bonds is 1. The van der Waals surface area contributed by atoms with E-state index in [1.165, 1.54) is 11.6 Å². The van der Waals surface area contributed by atoms with Crippen LogP contribution in [-0.4, -0.2) is 9.97 Å². The standard InChI is InChI=1S/C19H15FN2.ClH/c1-11-6-7-17-15(10-11)18(12(2)22-17)13-8-9-21-19-14(13)4-3-5-16(19)20;/h3-10,22H,1-2H3;1H. The van der Waals surface area contributed by atoms with Crippen molar-refractivity contribution in [1.82, 2.24) is 9.97 Å². The number of aryl methyl sites for hydroxylation is 2. The van der Waals surface area contributed by atoms with Gasteiger partial charge in [-0.15, -0.1) is 12.4 Å². The highest BCUT2D eigenvalue weighted by Crippen LogP contribution is 2.36. The van der Waals surface area contributed by atoms with Crippen LogP contribution in [-0.2, 0) is 0 Å². The van der Waals surface area contributed by atoms with Crippen LogP contribution in [0.15, 0.2) is 48.7 Å². The fourth-order valence-corrected chi connectivity index (χ4v) is 3.15. The number of H-pyrrole nitrogens is 1. The Balaban J connectivity index is 0.00000156. The van der Waals surface area contributed by atoms with Crippen LogP contribution in [0.3, 0.4) is 0 Å². The second-order valence-electron chi connectivity index (χ2n) is 5.67. The Kier molecular flexibility index (Phi) is 3.82. The van der Waals surface area contributed by atoms with E-state index < -0.39 is 0 Å². The number of fused-ring (bicyclic) bond motifs is 2. The van der Waals surface area contributed by atoms with Crippen molar-refractivity contribution in [2.24, 2.45) is 0 Å². The van der Waals surface area contributed by atoms with Crippen LogP contribution in [0.5, 0.6) is 0 Å². The highest BCUT2D eigenvalue weighted by molar-refractivity contribution is 6.05. The lowest BCUT2D eigenvalue weighted by molar-refractivity contribution is 0.637. The van der Waals surface area contributed by atoms with Gasteiger partial charge in [0, 0.05) is 33.7 Å². The van der Waals surface area contributed by atoms with Gasteiger partial charge in [-0.25, -0.2) is 4.39 Å². The van der Waals surface area contributed by atoms with E-state index in [-0.39, 0.29) is 18.2 Å². The summed E-state index contributed by atoms with van der Waals surface area (Å²) < 4.78 is 14.0. The minimum absolute atomic E-state index is 0. The minimum Gasteiger partial charge on any atom is -0.358 e. The molecule has 4 heteroatoms. The van der Waals surface area contributed by atoms with Gasteiger partial charge in [-0.05, 0) is 43.7 Å². The molecule has 0 spiro atoms. The van der Waals surface area contributed by atoms with E-state index in [0.717, 1.165) is 33.1 Å². The van der Waals surface area contributed by atoms with Crippen molar-refractivity contribution in [2.45, 2.75) is 13.8 Å². The van der Waals surface area contributed by atoms with Crippen LogP contribution in [0.4, 0.5) is 4.39 Å². The molecule has 0 amide bonds. The third-order valence-electron chi connectivity index (χ3n) is 4.13. The van der Waals surface area contributed by atoms with Gasteiger partial charge in [0.15, 0.2) is 0 Å². The predicted molar refractivity (Wildman–Crippen MR) is 95.7 cm³/mol. The highest BCUT2D eigenvalue weighted by atomic mass is 35.5. The topological polar surface area (TPSA) is 28.7 Å². The molecule has 2 nitrogen and oxygen atoms in total. The van der Waals surface area contributed by atoms with Crippen molar-refractivity contribution >= 4 is 34.2 Å². The van der Waals surface area contributed by atoms with Crippen molar-refractivity contribution in [2.75, 3.05) is 0 Å². The van der Waals surface area contributed by atoms with E-state index in [2.05, 4.69) is 42.0 Å². The summed E-state index contributed by atoms with van der Waals surface area (Å²) in [4.78, 5) is 7.61. The largest absolute Gasteiger partial charge is 0.358 e. The van der Waals surface area contributed by atoms with Crippen molar-refractivity contribution in [1.29, 1.82) is 0 Å². The molecular formula is C19H16ClFN2. The Hall–Kier alpha value is -2.39. The Morgan fingerprint density at radius 1 is 1.00 bits per heavy atom. The lowest BCUT2D eigenvalue weighted by Gasteiger charge is -2.07. The molecule has 0 radical (unpaired) electrons. The molecule has 0 unspecified atom stereocenters. The van der Waals surface area contributed by atoms with E-state index in [1.54, 1.807) is 12.3 Å². The Labute approximate surface area is 139 Å². The van der Waals surface area contributed by atoms with Gasteiger partial charge in [0.2, 0.25) is 0 Å². The van der Waals surface area contributed by atoms with Gasteiger partial charge < -0.3 is 4.98 Å². The molecule has 0 atom stereocenters. The first-order valence-corrected chi connectivity index (χ1v) is 7.27. The number of hydrogen-bond donors (Lipinski definition) is 1. The molecule has 2 heterocycles. The first-order chi connectivity index (χ1) is 10.6. The van der Waals surface area contributed by atoms with Crippen LogP contribution >= 0.6 is 12.4 Å². The summed E-state index contributed by atoms with van der Waals surface area (Å²) in [7, 11) is 0. The summed E-state index contributed by atoms with van der Waals surface area (Å²) in [5.41, 5.74) is 5.94. The average Bonchev–Trinajstić information content (AvgIpc) is 2.82. The second kappa shape index (κ2) is 5.67. The van der Waals surface area contributed by atoms with Gasteiger partial charge in [-0.3, -0.25) is 4.98 Å². The zero-order valence-electron chi connectivity index (χ0n) is 12.9. The Bertz CT molecular complexity index is 1020. The molecule has 2 aromatic carbocycles. The van der Waals surface area contributed by atoms with Gasteiger partial charge in [0.25, 0.3) is 0 Å². The third kappa shape index (κ3) is 2.37. The molecule has 4 aromatic rings. The summed E-state index contributed by atoms with van der Waals surface area (Å²) in [5, 5.41) is 2.00. The molecule has 0 fully saturated rings. The van der Waals surface area contributed by atoms with Crippen LogP contribution in [0.25, 0.3) is 32.9 Å². The van der Waals surface area contributed by atoms with Crippen molar-refractivity contribution in [3.63, 3.8) is 0 Å². The summed E-state index contributed by atoms with van der Waals surface area (Å²) in [6.07, 6.45) is 1.68. The Morgan fingerprint density at radius 3 is 2.65 bits per heavy atom. The first kappa shape index (κ1) is 15.5. The maximum Gasteiger partial charge on any atom is 0.149 e. The molecule has 0 bridgehead atoms. The average molecular weight is 327 g/mol. The number of para-hydroxylation sites is 1. The van der Waals surface area contributed by atoms with E-state index >= 15 is 0 Å². The number of halogens is 2. The number of aromatic amines is 1. The smallest absolute Gasteiger partial charge is 0.149 e. The van der Waals surface area contributed by atoms with Crippen molar-refractivity contribution < 1.29 is 4.39 Å². The molecule has 0 saturated carbocycles. The van der Waals surface area contributed by atoms with Gasteiger partial charge >= 0.3 is 0 Å². The zero-order chi connectivity index (χ0) is 15.3. The first-order valence-electron chi connectivity index (χ1n) is 7.27. The van der Waals surface area contributed by atoms with E-state index in [9.17, 15) is 4.39 Å². The molecule has 4 rings (SSSR count). The van der Waals surface area contributed by atoms with Crippen molar-refractivity contribution in [3.8, 4) is 11.1 Å². The molecule has 2 aromatic heterocycles. The number of aromatic nitrogens is 2. The number of pyridine rings is 1. The van der Waals surface area contributed by atoms with Crippen LogP contribution < -0.4 is 0 Å². The second-order valence-corrected chi connectivity index (χ2v) is 5.67. The summed E-state index contributed by atoms with van der Waals surface area (Å²) in [6.45, 7) is 4.13. The fraction of sp³-hybridized carbons (Fsp3) is 0.105.